The van der Waals surface area contributed by atoms with Gasteiger partial charge in [-0.15, -0.1) is 0 Å². The molecule has 17 heavy (non-hydrogen) atoms. The number of aromatic nitrogens is 1. The molecule has 1 aromatic heterocycles. The van der Waals surface area contributed by atoms with Gasteiger partial charge >= 0.3 is 0 Å². The molecule has 0 spiro atoms. The van der Waals surface area contributed by atoms with Crippen LogP contribution < -0.4 is 10.2 Å². The van der Waals surface area contributed by atoms with Crippen LogP contribution in [0.1, 0.15) is 10.5 Å². The van der Waals surface area contributed by atoms with E-state index in [0.717, 1.165) is 32.8 Å². The molecule has 1 amide bonds. The highest BCUT2D eigenvalue weighted by Gasteiger charge is 2.13. The molecular formula is C12H18N3O2+. The van der Waals surface area contributed by atoms with Crippen molar-refractivity contribution in [2.45, 2.75) is 0 Å². The fourth-order valence-corrected chi connectivity index (χ4v) is 1.85. The number of carbonyl (C=O) groups is 1. The Morgan fingerprint density at radius 2 is 2.24 bits per heavy atom. The SMILES string of the molecule is O=C(NCC[NH+]1CCOCC1)c1ccccn1. The highest BCUT2D eigenvalue weighted by atomic mass is 16.5. The van der Waals surface area contributed by atoms with E-state index < -0.39 is 0 Å². The fraction of sp³-hybridized carbons (Fsp3) is 0.500. The topological polar surface area (TPSA) is 55.7 Å². The van der Waals surface area contributed by atoms with E-state index in [2.05, 4.69) is 10.3 Å². The number of morpholine rings is 1. The van der Waals surface area contributed by atoms with Crippen LogP contribution in [0.3, 0.4) is 0 Å². The molecule has 5 nitrogen and oxygen atoms in total. The van der Waals surface area contributed by atoms with Crippen molar-refractivity contribution in [1.29, 1.82) is 0 Å². The summed E-state index contributed by atoms with van der Waals surface area (Å²) in [7, 11) is 0. The largest absolute Gasteiger partial charge is 0.370 e. The number of rotatable bonds is 4. The molecule has 1 aliphatic rings. The summed E-state index contributed by atoms with van der Waals surface area (Å²) in [5.74, 6) is -0.0988. The van der Waals surface area contributed by atoms with Gasteiger partial charge < -0.3 is 15.0 Å². The Bertz CT molecular complexity index is 350. The van der Waals surface area contributed by atoms with Crippen LogP contribution >= 0.6 is 0 Å². The van der Waals surface area contributed by atoms with Crippen molar-refractivity contribution in [3.8, 4) is 0 Å². The number of ether oxygens (including phenoxy) is 1. The second-order valence-corrected chi connectivity index (χ2v) is 4.08. The van der Waals surface area contributed by atoms with Crippen LogP contribution in [0.5, 0.6) is 0 Å². The molecule has 2 rings (SSSR count). The van der Waals surface area contributed by atoms with E-state index >= 15 is 0 Å². The quantitative estimate of drug-likeness (QED) is 0.685. The van der Waals surface area contributed by atoms with Gasteiger partial charge in [0.2, 0.25) is 0 Å². The van der Waals surface area contributed by atoms with Gasteiger partial charge in [-0.2, -0.15) is 0 Å². The van der Waals surface area contributed by atoms with E-state index in [1.54, 1.807) is 18.3 Å². The van der Waals surface area contributed by atoms with E-state index in [1.807, 2.05) is 6.07 Å². The van der Waals surface area contributed by atoms with Crippen LogP contribution in [0, 0.1) is 0 Å². The van der Waals surface area contributed by atoms with E-state index in [9.17, 15) is 4.79 Å². The average Bonchev–Trinajstić information content (AvgIpc) is 2.41. The molecule has 0 saturated carbocycles. The van der Waals surface area contributed by atoms with Gasteiger partial charge in [-0.25, -0.2) is 0 Å². The lowest BCUT2D eigenvalue weighted by atomic mass is 10.3. The van der Waals surface area contributed by atoms with Gasteiger partial charge in [-0.1, -0.05) is 6.07 Å². The highest BCUT2D eigenvalue weighted by molar-refractivity contribution is 5.92. The molecule has 1 saturated heterocycles. The minimum atomic E-state index is -0.0988. The lowest BCUT2D eigenvalue weighted by molar-refractivity contribution is -0.906. The Hall–Kier alpha value is -1.46. The van der Waals surface area contributed by atoms with Gasteiger partial charge in [0.05, 0.1) is 26.3 Å². The first kappa shape index (κ1) is 12.0. The number of quaternary nitrogens is 1. The zero-order chi connectivity index (χ0) is 11.9. The van der Waals surface area contributed by atoms with Crippen LogP contribution in [0.25, 0.3) is 0 Å². The van der Waals surface area contributed by atoms with Crippen LogP contribution in [0.15, 0.2) is 24.4 Å². The van der Waals surface area contributed by atoms with Crippen molar-refractivity contribution >= 4 is 5.91 Å². The summed E-state index contributed by atoms with van der Waals surface area (Å²) in [6, 6.07) is 5.33. The molecule has 2 heterocycles. The van der Waals surface area contributed by atoms with Crippen molar-refractivity contribution in [3.63, 3.8) is 0 Å². The molecule has 1 aromatic rings. The van der Waals surface area contributed by atoms with Crippen molar-refractivity contribution < 1.29 is 14.4 Å². The second-order valence-electron chi connectivity index (χ2n) is 4.08. The van der Waals surface area contributed by atoms with E-state index in [-0.39, 0.29) is 5.91 Å². The van der Waals surface area contributed by atoms with E-state index in [4.69, 9.17) is 4.74 Å². The molecule has 0 aromatic carbocycles. The predicted molar refractivity (Wildman–Crippen MR) is 63.0 cm³/mol. The summed E-state index contributed by atoms with van der Waals surface area (Å²) in [4.78, 5) is 17.2. The summed E-state index contributed by atoms with van der Waals surface area (Å²) < 4.78 is 5.28. The number of carbonyl (C=O) groups excluding carboxylic acids is 1. The van der Waals surface area contributed by atoms with Crippen molar-refractivity contribution in [2.24, 2.45) is 0 Å². The van der Waals surface area contributed by atoms with Crippen molar-refractivity contribution in [3.05, 3.63) is 30.1 Å². The van der Waals surface area contributed by atoms with Crippen LogP contribution in [0.2, 0.25) is 0 Å². The second kappa shape index (κ2) is 6.32. The van der Waals surface area contributed by atoms with Crippen LogP contribution in [-0.2, 0) is 4.74 Å². The summed E-state index contributed by atoms with van der Waals surface area (Å²) in [6.07, 6.45) is 1.63. The van der Waals surface area contributed by atoms with Gasteiger partial charge in [-0.3, -0.25) is 9.78 Å². The maximum absolute atomic E-state index is 11.7. The Kier molecular flexibility index (Phi) is 4.46. The third kappa shape index (κ3) is 3.80. The molecule has 5 heteroatoms. The maximum Gasteiger partial charge on any atom is 0.270 e. The third-order valence-electron chi connectivity index (χ3n) is 2.86. The number of pyridine rings is 1. The molecule has 0 atom stereocenters. The monoisotopic (exact) mass is 236 g/mol. The van der Waals surface area contributed by atoms with Gasteiger partial charge in [-0.05, 0) is 12.1 Å². The standard InChI is InChI=1S/C12H17N3O2/c16-12(11-3-1-2-4-13-11)14-5-6-15-7-9-17-10-8-15/h1-4H,5-10H2,(H,14,16)/p+1. The number of hydrogen-bond acceptors (Lipinski definition) is 3. The average molecular weight is 236 g/mol. The Labute approximate surface area is 101 Å². The summed E-state index contributed by atoms with van der Waals surface area (Å²) in [5, 5.41) is 2.88. The highest BCUT2D eigenvalue weighted by Crippen LogP contribution is 1.91. The molecule has 92 valence electrons. The molecule has 0 bridgehead atoms. The first-order chi connectivity index (χ1) is 8.36. The number of nitrogens with zero attached hydrogens (tertiary/aromatic N) is 1. The molecular weight excluding hydrogens is 218 g/mol. The van der Waals surface area contributed by atoms with Gasteiger partial charge in [0, 0.05) is 6.20 Å². The van der Waals surface area contributed by atoms with E-state index in [0.29, 0.717) is 12.2 Å². The molecule has 0 unspecified atom stereocenters. The van der Waals surface area contributed by atoms with Crippen molar-refractivity contribution in [1.82, 2.24) is 10.3 Å². The first-order valence-electron chi connectivity index (χ1n) is 5.97. The molecule has 1 fully saturated rings. The minimum Gasteiger partial charge on any atom is -0.370 e. The van der Waals surface area contributed by atoms with Crippen molar-refractivity contribution in [2.75, 3.05) is 39.4 Å². The zero-order valence-electron chi connectivity index (χ0n) is 9.82. The molecule has 2 N–H and O–H groups in total. The normalized spacial score (nSPS) is 16.7. The van der Waals surface area contributed by atoms with Gasteiger partial charge in [0.1, 0.15) is 18.8 Å². The maximum atomic E-state index is 11.7. The summed E-state index contributed by atoms with van der Waals surface area (Å²) in [5.41, 5.74) is 0.476. The van der Waals surface area contributed by atoms with Crippen LogP contribution in [-0.4, -0.2) is 50.3 Å². The molecule has 0 radical (unpaired) electrons. The third-order valence-corrected chi connectivity index (χ3v) is 2.86. The molecule has 1 aliphatic heterocycles. The Morgan fingerprint density at radius 1 is 1.41 bits per heavy atom. The number of amides is 1. The molecule has 0 aliphatic carbocycles. The summed E-state index contributed by atoms with van der Waals surface area (Å²) >= 11 is 0. The lowest BCUT2D eigenvalue weighted by Crippen LogP contribution is -3.14. The predicted octanol–water partition coefficient (Wildman–Crippen LogP) is -1.27. The minimum absolute atomic E-state index is 0.0988. The lowest BCUT2D eigenvalue weighted by Gasteiger charge is -2.23. The van der Waals surface area contributed by atoms with Gasteiger partial charge in [0.25, 0.3) is 5.91 Å². The first-order valence-corrected chi connectivity index (χ1v) is 5.97. The Morgan fingerprint density at radius 3 is 2.94 bits per heavy atom. The number of hydrogen-bond donors (Lipinski definition) is 2. The number of nitrogens with one attached hydrogen (secondary N) is 2. The fourth-order valence-electron chi connectivity index (χ4n) is 1.85. The van der Waals surface area contributed by atoms with Gasteiger partial charge in [0.15, 0.2) is 0 Å². The van der Waals surface area contributed by atoms with Crippen LogP contribution in [0.4, 0.5) is 0 Å². The zero-order valence-corrected chi connectivity index (χ0v) is 9.82. The Balaban J connectivity index is 1.69. The summed E-state index contributed by atoms with van der Waals surface area (Å²) in [6.45, 7) is 5.33. The van der Waals surface area contributed by atoms with E-state index in [1.165, 1.54) is 4.90 Å². The smallest absolute Gasteiger partial charge is 0.270 e.